The number of hydrogen-bond acceptors (Lipinski definition) is 6. The Morgan fingerprint density at radius 1 is 1.23 bits per heavy atom. The zero-order valence-electron chi connectivity index (χ0n) is 12.1. The molecule has 0 saturated carbocycles. The molecule has 1 fully saturated rings. The molecule has 2 unspecified atom stereocenters. The van der Waals surface area contributed by atoms with E-state index >= 15 is 0 Å². The molecule has 118 valence electrons. The molecule has 8 nitrogen and oxygen atoms in total. The summed E-state index contributed by atoms with van der Waals surface area (Å²) in [6.45, 7) is 0.0348. The summed E-state index contributed by atoms with van der Waals surface area (Å²) < 4.78 is 14.5. The van der Waals surface area contributed by atoms with Crippen molar-refractivity contribution in [2.24, 2.45) is 0 Å². The SMILES string of the molecule is COC(=O)C1NC(=O)C1NC(=O)OCc1ccc(OC)cc1. The molecule has 22 heavy (non-hydrogen) atoms. The Hall–Kier alpha value is -2.77. The molecule has 1 aromatic carbocycles. The van der Waals surface area contributed by atoms with Crippen molar-refractivity contribution in [3.05, 3.63) is 29.8 Å². The zero-order chi connectivity index (χ0) is 16.1. The van der Waals surface area contributed by atoms with Gasteiger partial charge in [-0.3, -0.25) is 4.79 Å². The highest BCUT2D eigenvalue weighted by atomic mass is 16.5. The topological polar surface area (TPSA) is 103 Å². The van der Waals surface area contributed by atoms with Crippen molar-refractivity contribution in [2.45, 2.75) is 18.7 Å². The fraction of sp³-hybridized carbons (Fsp3) is 0.357. The van der Waals surface area contributed by atoms with Crippen LogP contribution in [0.4, 0.5) is 4.79 Å². The Bertz CT molecular complexity index is 571. The van der Waals surface area contributed by atoms with Crippen LogP contribution in [0, 0.1) is 0 Å². The number of nitrogens with one attached hydrogen (secondary N) is 2. The van der Waals surface area contributed by atoms with Gasteiger partial charge in [-0.05, 0) is 17.7 Å². The lowest BCUT2D eigenvalue weighted by Crippen LogP contribution is -2.72. The van der Waals surface area contributed by atoms with Crippen LogP contribution >= 0.6 is 0 Å². The number of amides is 2. The van der Waals surface area contributed by atoms with Crippen molar-refractivity contribution in [1.82, 2.24) is 10.6 Å². The first-order chi connectivity index (χ1) is 10.5. The normalized spacial score (nSPS) is 19.5. The van der Waals surface area contributed by atoms with Crippen molar-refractivity contribution in [3.8, 4) is 5.75 Å². The van der Waals surface area contributed by atoms with Gasteiger partial charge in [-0.2, -0.15) is 0 Å². The minimum Gasteiger partial charge on any atom is -0.497 e. The fourth-order valence-corrected chi connectivity index (χ4v) is 1.89. The first kappa shape index (κ1) is 15.6. The maximum atomic E-state index is 11.7. The number of benzene rings is 1. The summed E-state index contributed by atoms with van der Waals surface area (Å²) in [5.74, 6) is -0.392. The van der Waals surface area contributed by atoms with Gasteiger partial charge in [-0.15, -0.1) is 0 Å². The molecular weight excluding hydrogens is 292 g/mol. The summed E-state index contributed by atoms with van der Waals surface area (Å²) in [6.07, 6.45) is -0.787. The number of hydrogen-bond donors (Lipinski definition) is 2. The smallest absolute Gasteiger partial charge is 0.408 e. The lowest BCUT2D eigenvalue weighted by Gasteiger charge is -2.34. The first-order valence-corrected chi connectivity index (χ1v) is 6.49. The molecule has 1 aliphatic rings. The van der Waals surface area contributed by atoms with Crippen molar-refractivity contribution in [3.63, 3.8) is 0 Å². The van der Waals surface area contributed by atoms with Crippen molar-refractivity contribution >= 4 is 18.0 Å². The number of carbonyl (C=O) groups excluding carboxylic acids is 3. The van der Waals surface area contributed by atoms with E-state index in [1.54, 1.807) is 31.4 Å². The lowest BCUT2D eigenvalue weighted by atomic mass is 9.99. The minimum absolute atomic E-state index is 0.0348. The molecule has 2 atom stereocenters. The fourth-order valence-electron chi connectivity index (χ4n) is 1.89. The maximum absolute atomic E-state index is 11.7. The second kappa shape index (κ2) is 6.79. The van der Waals surface area contributed by atoms with Crippen LogP contribution in [0.2, 0.25) is 0 Å². The third kappa shape index (κ3) is 3.46. The van der Waals surface area contributed by atoms with Gasteiger partial charge in [-0.25, -0.2) is 9.59 Å². The highest BCUT2D eigenvalue weighted by molar-refractivity contribution is 6.01. The molecule has 1 aromatic rings. The van der Waals surface area contributed by atoms with Crippen LogP contribution in [-0.2, 0) is 25.7 Å². The Balaban J connectivity index is 1.82. The number of β-lactam (4-membered cyclic amide) rings is 1. The third-order valence-corrected chi connectivity index (χ3v) is 3.17. The average molecular weight is 308 g/mol. The van der Waals surface area contributed by atoms with E-state index in [1.165, 1.54) is 7.11 Å². The number of rotatable bonds is 5. The second-order valence-electron chi connectivity index (χ2n) is 4.56. The molecule has 8 heteroatoms. The Labute approximate surface area is 126 Å². The highest BCUT2D eigenvalue weighted by Crippen LogP contribution is 2.12. The average Bonchev–Trinajstić information content (AvgIpc) is 2.55. The van der Waals surface area contributed by atoms with E-state index in [4.69, 9.17) is 9.47 Å². The lowest BCUT2D eigenvalue weighted by molar-refractivity contribution is -0.152. The molecule has 0 aliphatic carbocycles. The van der Waals surface area contributed by atoms with E-state index in [0.717, 1.165) is 5.56 Å². The van der Waals surface area contributed by atoms with Crippen LogP contribution < -0.4 is 15.4 Å². The van der Waals surface area contributed by atoms with Crippen LogP contribution in [-0.4, -0.2) is 44.3 Å². The van der Waals surface area contributed by atoms with Gasteiger partial charge in [0.1, 0.15) is 18.4 Å². The van der Waals surface area contributed by atoms with E-state index in [-0.39, 0.29) is 6.61 Å². The highest BCUT2D eigenvalue weighted by Gasteiger charge is 2.46. The molecule has 0 radical (unpaired) electrons. The standard InChI is InChI=1S/C14H16N2O6/c1-20-9-5-3-8(4-6-9)7-22-14(19)16-10-11(13(18)21-2)15-12(10)17/h3-6,10-11H,7H2,1-2H3,(H,15,17)(H,16,19). The number of alkyl carbamates (subject to hydrolysis) is 1. The van der Waals surface area contributed by atoms with E-state index in [0.29, 0.717) is 5.75 Å². The van der Waals surface area contributed by atoms with Crippen LogP contribution in [0.3, 0.4) is 0 Å². The summed E-state index contributed by atoms with van der Waals surface area (Å²) in [7, 11) is 2.76. The molecule has 2 N–H and O–H groups in total. The maximum Gasteiger partial charge on any atom is 0.408 e. The molecule has 2 amide bonds. The molecule has 1 heterocycles. The van der Waals surface area contributed by atoms with Gasteiger partial charge in [0.15, 0.2) is 6.04 Å². The Kier molecular flexibility index (Phi) is 4.82. The van der Waals surface area contributed by atoms with Gasteiger partial charge in [0.25, 0.3) is 0 Å². The zero-order valence-corrected chi connectivity index (χ0v) is 12.1. The van der Waals surface area contributed by atoms with Gasteiger partial charge in [0.05, 0.1) is 14.2 Å². The van der Waals surface area contributed by atoms with Gasteiger partial charge < -0.3 is 24.8 Å². The Morgan fingerprint density at radius 3 is 2.45 bits per heavy atom. The molecular formula is C14H16N2O6. The number of ether oxygens (including phenoxy) is 3. The monoisotopic (exact) mass is 308 g/mol. The number of esters is 1. The van der Waals surface area contributed by atoms with Crippen LogP contribution in [0.15, 0.2) is 24.3 Å². The molecule has 1 aliphatic heterocycles. The van der Waals surface area contributed by atoms with E-state index < -0.39 is 30.1 Å². The van der Waals surface area contributed by atoms with E-state index in [9.17, 15) is 14.4 Å². The van der Waals surface area contributed by atoms with Gasteiger partial charge >= 0.3 is 12.1 Å². The Morgan fingerprint density at radius 2 is 1.91 bits per heavy atom. The molecule has 0 aromatic heterocycles. The number of methoxy groups -OCH3 is 2. The predicted molar refractivity (Wildman–Crippen MR) is 74.0 cm³/mol. The largest absolute Gasteiger partial charge is 0.497 e. The quantitative estimate of drug-likeness (QED) is 0.584. The van der Waals surface area contributed by atoms with Crippen LogP contribution in [0.5, 0.6) is 5.75 Å². The summed E-state index contributed by atoms with van der Waals surface area (Å²) in [4.78, 5) is 34.3. The van der Waals surface area contributed by atoms with Crippen molar-refractivity contribution in [1.29, 1.82) is 0 Å². The molecule has 1 saturated heterocycles. The van der Waals surface area contributed by atoms with E-state index in [1.807, 2.05) is 0 Å². The second-order valence-corrected chi connectivity index (χ2v) is 4.56. The first-order valence-electron chi connectivity index (χ1n) is 6.49. The minimum atomic E-state index is -0.976. The summed E-state index contributed by atoms with van der Waals surface area (Å²) in [5, 5.41) is 4.66. The van der Waals surface area contributed by atoms with Gasteiger partial charge in [0, 0.05) is 0 Å². The van der Waals surface area contributed by atoms with Crippen molar-refractivity contribution in [2.75, 3.05) is 14.2 Å². The molecule has 2 rings (SSSR count). The van der Waals surface area contributed by atoms with Crippen molar-refractivity contribution < 1.29 is 28.6 Å². The number of carbonyl (C=O) groups is 3. The summed E-state index contributed by atoms with van der Waals surface area (Å²) >= 11 is 0. The van der Waals surface area contributed by atoms with Gasteiger partial charge in [0.2, 0.25) is 5.91 Å². The van der Waals surface area contributed by atoms with E-state index in [2.05, 4.69) is 15.4 Å². The summed E-state index contributed by atoms with van der Waals surface area (Å²) in [6, 6.07) is 5.12. The molecule has 0 bridgehead atoms. The van der Waals surface area contributed by atoms with Gasteiger partial charge in [-0.1, -0.05) is 12.1 Å². The summed E-state index contributed by atoms with van der Waals surface area (Å²) in [5.41, 5.74) is 0.763. The third-order valence-electron chi connectivity index (χ3n) is 3.17. The van der Waals surface area contributed by atoms with Crippen LogP contribution in [0.1, 0.15) is 5.56 Å². The van der Waals surface area contributed by atoms with Crippen LogP contribution in [0.25, 0.3) is 0 Å². The molecule has 0 spiro atoms. The predicted octanol–water partition coefficient (Wildman–Crippen LogP) is -0.0386.